The first-order chi connectivity index (χ1) is 13.3. The van der Waals surface area contributed by atoms with Crippen molar-refractivity contribution in [3.63, 3.8) is 0 Å². The van der Waals surface area contributed by atoms with E-state index in [2.05, 4.69) is 9.62 Å². The van der Waals surface area contributed by atoms with Crippen LogP contribution < -0.4 is 9.62 Å². The van der Waals surface area contributed by atoms with Crippen molar-refractivity contribution < 1.29 is 17.6 Å². The van der Waals surface area contributed by atoms with Crippen molar-refractivity contribution in [3.8, 4) is 0 Å². The second-order valence-corrected chi connectivity index (χ2v) is 8.68. The van der Waals surface area contributed by atoms with Crippen LogP contribution in [0.4, 0.5) is 10.1 Å². The van der Waals surface area contributed by atoms with Crippen LogP contribution in [-0.4, -0.2) is 51.9 Å². The molecule has 3 rings (SSSR count). The van der Waals surface area contributed by atoms with Crippen LogP contribution in [0.2, 0.25) is 0 Å². The number of carbonyl (C=O) groups is 1. The Balaban J connectivity index is 1.54. The lowest BCUT2D eigenvalue weighted by Crippen LogP contribution is -2.51. The van der Waals surface area contributed by atoms with Gasteiger partial charge in [0.25, 0.3) is 0 Å². The lowest BCUT2D eigenvalue weighted by molar-refractivity contribution is -0.130. The molecule has 0 radical (unpaired) electrons. The summed E-state index contributed by atoms with van der Waals surface area (Å²) in [6, 6.07) is 11.1. The fourth-order valence-corrected chi connectivity index (χ4v) is 4.16. The zero-order valence-electron chi connectivity index (χ0n) is 16.0. The molecule has 1 saturated heterocycles. The van der Waals surface area contributed by atoms with Gasteiger partial charge < -0.3 is 9.80 Å². The normalized spacial score (nSPS) is 15.0. The third-order valence-corrected chi connectivity index (χ3v) is 6.43. The predicted octanol–water partition coefficient (Wildman–Crippen LogP) is 2.07. The summed E-state index contributed by atoms with van der Waals surface area (Å²) >= 11 is 0. The Morgan fingerprint density at radius 3 is 2.25 bits per heavy atom. The summed E-state index contributed by atoms with van der Waals surface area (Å²) in [7, 11) is -3.73. The summed E-state index contributed by atoms with van der Waals surface area (Å²) in [4.78, 5) is 16.3. The van der Waals surface area contributed by atoms with Gasteiger partial charge in [-0.2, -0.15) is 0 Å². The fourth-order valence-electron chi connectivity index (χ4n) is 3.10. The number of hydrogen-bond acceptors (Lipinski definition) is 4. The topological polar surface area (TPSA) is 69.7 Å². The van der Waals surface area contributed by atoms with Crippen molar-refractivity contribution in [2.45, 2.75) is 18.7 Å². The van der Waals surface area contributed by atoms with E-state index in [-0.39, 0.29) is 23.2 Å². The molecule has 28 heavy (non-hydrogen) atoms. The molecule has 2 aromatic carbocycles. The van der Waals surface area contributed by atoms with Crippen LogP contribution in [0.5, 0.6) is 0 Å². The second-order valence-electron chi connectivity index (χ2n) is 6.91. The highest BCUT2D eigenvalue weighted by atomic mass is 32.2. The summed E-state index contributed by atoms with van der Waals surface area (Å²) in [5.41, 5.74) is 2.80. The van der Waals surface area contributed by atoms with Gasteiger partial charge in [0.2, 0.25) is 15.9 Å². The molecule has 0 aliphatic carbocycles. The van der Waals surface area contributed by atoms with Gasteiger partial charge >= 0.3 is 0 Å². The van der Waals surface area contributed by atoms with Crippen molar-refractivity contribution in [1.82, 2.24) is 9.62 Å². The molecule has 1 aliphatic heterocycles. The van der Waals surface area contributed by atoms with Crippen molar-refractivity contribution >= 4 is 21.6 Å². The minimum atomic E-state index is -3.73. The molecule has 0 spiro atoms. The molecule has 1 fully saturated rings. The third-order valence-electron chi connectivity index (χ3n) is 5.03. The highest BCUT2D eigenvalue weighted by Crippen LogP contribution is 2.17. The van der Waals surface area contributed by atoms with E-state index in [1.165, 1.54) is 18.2 Å². The van der Waals surface area contributed by atoms with E-state index in [4.69, 9.17) is 0 Å². The molecule has 1 aliphatic rings. The van der Waals surface area contributed by atoms with E-state index >= 15 is 0 Å². The second kappa shape index (κ2) is 8.28. The first-order valence-electron chi connectivity index (χ1n) is 9.11. The Morgan fingerprint density at radius 1 is 1.00 bits per heavy atom. The van der Waals surface area contributed by atoms with Crippen LogP contribution in [-0.2, 0) is 14.8 Å². The quantitative estimate of drug-likeness (QED) is 0.827. The molecule has 150 valence electrons. The largest absolute Gasteiger partial charge is 0.368 e. The average molecular weight is 405 g/mol. The number of nitrogens with zero attached hydrogens (tertiary/aromatic N) is 2. The number of amides is 1. The zero-order chi connectivity index (χ0) is 20.3. The van der Waals surface area contributed by atoms with Gasteiger partial charge in [-0.1, -0.05) is 6.07 Å². The number of benzene rings is 2. The summed E-state index contributed by atoms with van der Waals surface area (Å²) in [6.45, 7) is 5.69. The van der Waals surface area contributed by atoms with Gasteiger partial charge in [0.1, 0.15) is 5.82 Å². The monoisotopic (exact) mass is 405 g/mol. The maximum absolute atomic E-state index is 13.0. The smallest absolute Gasteiger partial charge is 0.241 e. The number of halogens is 1. The Bertz CT molecular complexity index is 953. The van der Waals surface area contributed by atoms with E-state index < -0.39 is 10.0 Å². The molecule has 1 N–H and O–H groups in total. The SMILES string of the molecule is Cc1ccc(S(=O)(=O)NCC(=O)N2CCN(c3ccc(F)cc3)CC2)cc1C. The van der Waals surface area contributed by atoms with Gasteiger partial charge in [-0.05, 0) is 61.4 Å². The number of piperazine rings is 1. The van der Waals surface area contributed by atoms with E-state index in [9.17, 15) is 17.6 Å². The molecule has 0 unspecified atom stereocenters. The molecule has 0 atom stereocenters. The maximum Gasteiger partial charge on any atom is 0.241 e. The van der Waals surface area contributed by atoms with Crippen LogP contribution in [0.3, 0.4) is 0 Å². The highest BCUT2D eigenvalue weighted by Gasteiger charge is 2.23. The first kappa shape index (κ1) is 20.3. The van der Waals surface area contributed by atoms with Crippen LogP contribution in [0.25, 0.3) is 0 Å². The molecule has 1 amide bonds. The van der Waals surface area contributed by atoms with Gasteiger partial charge in [0, 0.05) is 31.9 Å². The van der Waals surface area contributed by atoms with Crippen LogP contribution in [0.15, 0.2) is 47.4 Å². The number of rotatable bonds is 5. The van der Waals surface area contributed by atoms with Crippen molar-refractivity contribution in [1.29, 1.82) is 0 Å². The fraction of sp³-hybridized carbons (Fsp3) is 0.350. The van der Waals surface area contributed by atoms with E-state index in [1.54, 1.807) is 29.2 Å². The van der Waals surface area contributed by atoms with E-state index in [0.29, 0.717) is 26.2 Å². The number of aryl methyl sites for hydroxylation is 2. The third kappa shape index (κ3) is 4.69. The first-order valence-corrected chi connectivity index (χ1v) is 10.6. The summed E-state index contributed by atoms with van der Waals surface area (Å²) < 4.78 is 40.3. The van der Waals surface area contributed by atoms with Gasteiger partial charge in [0.05, 0.1) is 11.4 Å². The van der Waals surface area contributed by atoms with Gasteiger partial charge in [0.15, 0.2) is 0 Å². The van der Waals surface area contributed by atoms with Crippen molar-refractivity contribution in [3.05, 3.63) is 59.4 Å². The molecule has 0 saturated carbocycles. The van der Waals surface area contributed by atoms with E-state index in [0.717, 1.165) is 16.8 Å². The summed E-state index contributed by atoms with van der Waals surface area (Å²) in [6.07, 6.45) is 0. The molecule has 0 bridgehead atoms. The Hall–Kier alpha value is -2.45. The number of hydrogen-bond donors (Lipinski definition) is 1. The van der Waals surface area contributed by atoms with E-state index in [1.807, 2.05) is 13.8 Å². The molecular weight excluding hydrogens is 381 g/mol. The van der Waals surface area contributed by atoms with Gasteiger partial charge in [-0.25, -0.2) is 17.5 Å². The standard InChI is InChI=1S/C20H24FN3O3S/c1-15-3-8-19(13-16(15)2)28(26,27)22-14-20(25)24-11-9-23(10-12-24)18-6-4-17(21)5-7-18/h3-8,13,22H,9-12,14H2,1-2H3. The molecule has 0 aromatic heterocycles. The number of sulfonamides is 1. The minimum absolute atomic E-state index is 0.157. The van der Waals surface area contributed by atoms with Crippen LogP contribution in [0, 0.1) is 19.7 Å². The molecule has 8 heteroatoms. The van der Waals surface area contributed by atoms with Crippen LogP contribution in [0.1, 0.15) is 11.1 Å². The van der Waals surface area contributed by atoms with Gasteiger partial charge in [-0.15, -0.1) is 0 Å². The molecular formula is C20H24FN3O3S. The molecule has 1 heterocycles. The molecule has 6 nitrogen and oxygen atoms in total. The average Bonchev–Trinajstić information content (AvgIpc) is 2.69. The van der Waals surface area contributed by atoms with Crippen molar-refractivity contribution in [2.24, 2.45) is 0 Å². The predicted molar refractivity (Wildman–Crippen MR) is 106 cm³/mol. The Labute approximate surface area is 165 Å². The number of carbonyl (C=O) groups excluding carboxylic acids is 1. The minimum Gasteiger partial charge on any atom is -0.368 e. The van der Waals surface area contributed by atoms with Crippen molar-refractivity contribution in [2.75, 3.05) is 37.6 Å². The number of anilines is 1. The lowest BCUT2D eigenvalue weighted by atomic mass is 10.1. The Morgan fingerprint density at radius 2 is 1.64 bits per heavy atom. The summed E-state index contributed by atoms with van der Waals surface area (Å²) in [5, 5.41) is 0. The Kier molecular flexibility index (Phi) is 6.00. The highest BCUT2D eigenvalue weighted by molar-refractivity contribution is 7.89. The van der Waals surface area contributed by atoms with Crippen LogP contribution >= 0.6 is 0 Å². The number of nitrogens with one attached hydrogen (secondary N) is 1. The van der Waals surface area contributed by atoms with Gasteiger partial charge in [-0.3, -0.25) is 4.79 Å². The zero-order valence-corrected chi connectivity index (χ0v) is 16.8. The summed E-state index contributed by atoms with van der Waals surface area (Å²) in [5.74, 6) is -0.542. The maximum atomic E-state index is 13.0. The molecule has 2 aromatic rings. The lowest BCUT2D eigenvalue weighted by Gasteiger charge is -2.36.